The number of esters is 1. The van der Waals surface area contributed by atoms with Crippen molar-refractivity contribution in [3.05, 3.63) is 0 Å². The van der Waals surface area contributed by atoms with Crippen molar-refractivity contribution in [2.24, 2.45) is 5.92 Å². The number of hydrogen-bond donors (Lipinski definition) is 0. The number of fused-ring (bicyclic) bond motifs is 1. The summed E-state index contributed by atoms with van der Waals surface area (Å²) in [6.45, 7) is 7.19. The van der Waals surface area contributed by atoms with Gasteiger partial charge in [0.15, 0.2) is 11.2 Å². The minimum Gasteiger partial charge on any atom is -0.458 e. The molecule has 0 N–H and O–H groups in total. The van der Waals surface area contributed by atoms with E-state index in [0.29, 0.717) is 31.6 Å². The van der Waals surface area contributed by atoms with Crippen molar-refractivity contribution in [1.29, 1.82) is 0 Å². The molecule has 0 radical (unpaired) electrons. The number of carbonyl (C=O) groups excluding carboxylic acids is 4. The van der Waals surface area contributed by atoms with Crippen LogP contribution in [0.15, 0.2) is 0 Å². The highest BCUT2D eigenvalue weighted by Gasteiger charge is 2.51. The quantitative estimate of drug-likeness (QED) is 0.559. The zero-order valence-electron chi connectivity index (χ0n) is 14.5. The molecule has 2 unspecified atom stereocenters. The van der Waals surface area contributed by atoms with Gasteiger partial charge in [-0.1, -0.05) is 11.8 Å². The predicted octanol–water partition coefficient (Wildman–Crippen LogP) is 1.36. The summed E-state index contributed by atoms with van der Waals surface area (Å²) in [6.07, 6.45) is 1.43. The van der Waals surface area contributed by atoms with Gasteiger partial charge in [-0.3, -0.25) is 19.4 Å². The van der Waals surface area contributed by atoms with E-state index in [1.165, 1.54) is 16.9 Å². The molecule has 2 fully saturated rings. The normalized spacial score (nSPS) is 24.2. The molecule has 2 rings (SSSR count). The minimum absolute atomic E-state index is 0.0439. The van der Waals surface area contributed by atoms with E-state index in [-0.39, 0.29) is 16.9 Å². The number of hydrazine groups is 1. The molecule has 2 amide bonds. The summed E-state index contributed by atoms with van der Waals surface area (Å²) in [7, 11) is 0. The highest BCUT2D eigenvalue weighted by Crippen LogP contribution is 2.32. The SMILES string of the molecule is CC(=O)SCCC1C(=O)N2CCCC(C(=O)OC(C)(C)C)N2C1=O. The Kier molecular flexibility index (Phi) is 5.57. The van der Waals surface area contributed by atoms with Crippen LogP contribution in [0.4, 0.5) is 0 Å². The maximum Gasteiger partial charge on any atom is 0.331 e. The number of rotatable bonds is 4. The topological polar surface area (TPSA) is 84.0 Å². The molecule has 0 bridgehead atoms. The smallest absolute Gasteiger partial charge is 0.331 e. The lowest BCUT2D eigenvalue weighted by atomic mass is 10.1. The van der Waals surface area contributed by atoms with Gasteiger partial charge in [0.2, 0.25) is 0 Å². The summed E-state index contributed by atoms with van der Waals surface area (Å²) in [4.78, 5) is 48.6. The third kappa shape index (κ3) is 4.09. The molecule has 2 aliphatic heterocycles. The molecule has 0 spiro atoms. The van der Waals surface area contributed by atoms with Crippen molar-refractivity contribution >= 4 is 34.7 Å². The molecule has 0 aromatic rings. The second-order valence-electron chi connectivity index (χ2n) is 7.02. The first-order chi connectivity index (χ1) is 11.1. The van der Waals surface area contributed by atoms with Gasteiger partial charge in [-0.05, 0) is 40.0 Å². The van der Waals surface area contributed by atoms with Gasteiger partial charge in [0.1, 0.15) is 11.5 Å². The van der Waals surface area contributed by atoms with Crippen LogP contribution < -0.4 is 0 Å². The predicted molar refractivity (Wildman–Crippen MR) is 88.7 cm³/mol. The van der Waals surface area contributed by atoms with Crippen LogP contribution in [0.25, 0.3) is 0 Å². The minimum atomic E-state index is -0.806. The summed E-state index contributed by atoms with van der Waals surface area (Å²) in [5, 5.41) is 2.62. The zero-order chi connectivity index (χ0) is 18.1. The first-order valence-electron chi connectivity index (χ1n) is 8.12. The Bertz CT molecular complexity index is 557. The highest BCUT2D eigenvalue weighted by atomic mass is 32.2. The van der Waals surface area contributed by atoms with E-state index in [4.69, 9.17) is 4.74 Å². The van der Waals surface area contributed by atoms with Crippen LogP contribution in [-0.4, -0.2) is 56.9 Å². The molecule has 134 valence electrons. The van der Waals surface area contributed by atoms with Crippen molar-refractivity contribution in [2.45, 2.75) is 58.6 Å². The molecule has 2 aliphatic rings. The molecule has 0 saturated carbocycles. The Morgan fingerprint density at radius 2 is 1.92 bits per heavy atom. The number of carbonyl (C=O) groups is 4. The van der Waals surface area contributed by atoms with Crippen LogP contribution in [-0.2, 0) is 23.9 Å². The fraction of sp³-hybridized carbons (Fsp3) is 0.750. The van der Waals surface area contributed by atoms with E-state index in [2.05, 4.69) is 0 Å². The van der Waals surface area contributed by atoms with E-state index in [1.807, 2.05) is 0 Å². The van der Waals surface area contributed by atoms with Gasteiger partial charge in [0.05, 0.1) is 0 Å². The number of ether oxygens (including phenoxy) is 1. The molecule has 2 saturated heterocycles. The second-order valence-corrected chi connectivity index (χ2v) is 8.29. The fourth-order valence-electron chi connectivity index (χ4n) is 2.92. The molecule has 0 aromatic carbocycles. The molecule has 0 aliphatic carbocycles. The van der Waals surface area contributed by atoms with Crippen molar-refractivity contribution < 1.29 is 23.9 Å². The monoisotopic (exact) mass is 356 g/mol. The third-order valence-corrected chi connectivity index (χ3v) is 4.72. The molecule has 2 heterocycles. The van der Waals surface area contributed by atoms with E-state index in [9.17, 15) is 19.2 Å². The Balaban J connectivity index is 2.11. The van der Waals surface area contributed by atoms with Gasteiger partial charge in [-0.15, -0.1) is 0 Å². The van der Waals surface area contributed by atoms with E-state index in [1.54, 1.807) is 20.8 Å². The summed E-state index contributed by atoms with van der Waals surface area (Å²) < 4.78 is 5.40. The van der Waals surface area contributed by atoms with E-state index >= 15 is 0 Å². The summed E-state index contributed by atoms with van der Waals surface area (Å²) in [5.41, 5.74) is -0.649. The van der Waals surface area contributed by atoms with Crippen LogP contribution >= 0.6 is 11.8 Å². The first-order valence-corrected chi connectivity index (χ1v) is 9.11. The van der Waals surface area contributed by atoms with Crippen LogP contribution in [0.1, 0.15) is 47.0 Å². The lowest BCUT2D eigenvalue weighted by Crippen LogP contribution is -2.55. The number of hydrogen-bond acceptors (Lipinski definition) is 6. The molecule has 2 atom stereocenters. The average molecular weight is 356 g/mol. The summed E-state index contributed by atoms with van der Waals surface area (Å²) >= 11 is 1.10. The van der Waals surface area contributed by atoms with Crippen LogP contribution in [0, 0.1) is 5.92 Å². The van der Waals surface area contributed by atoms with Gasteiger partial charge in [0.25, 0.3) is 11.8 Å². The third-order valence-electron chi connectivity index (χ3n) is 3.87. The molecule has 8 heteroatoms. The molecular weight excluding hydrogens is 332 g/mol. The average Bonchev–Trinajstić information content (AvgIpc) is 2.70. The summed E-state index contributed by atoms with van der Waals surface area (Å²) in [6, 6.07) is -0.750. The Hall–Kier alpha value is -1.57. The Labute approximate surface area is 146 Å². The van der Waals surface area contributed by atoms with Gasteiger partial charge < -0.3 is 4.74 Å². The van der Waals surface area contributed by atoms with Crippen molar-refractivity contribution in [3.63, 3.8) is 0 Å². The Morgan fingerprint density at radius 3 is 2.50 bits per heavy atom. The fourth-order valence-corrected chi connectivity index (χ4v) is 3.56. The van der Waals surface area contributed by atoms with Crippen LogP contribution in [0.2, 0.25) is 0 Å². The molecule has 7 nitrogen and oxygen atoms in total. The van der Waals surface area contributed by atoms with Crippen molar-refractivity contribution in [1.82, 2.24) is 10.0 Å². The zero-order valence-corrected chi connectivity index (χ0v) is 15.4. The first kappa shape index (κ1) is 18.8. The molecule has 24 heavy (non-hydrogen) atoms. The molecular formula is C16H24N2O5S. The number of nitrogens with zero attached hydrogens (tertiary/aromatic N) is 2. The van der Waals surface area contributed by atoms with Crippen LogP contribution in [0.3, 0.4) is 0 Å². The Morgan fingerprint density at radius 1 is 1.25 bits per heavy atom. The lowest BCUT2D eigenvalue weighted by molar-refractivity contribution is -0.179. The lowest BCUT2D eigenvalue weighted by Gasteiger charge is -2.38. The summed E-state index contributed by atoms with van der Waals surface area (Å²) in [5.74, 6) is -1.51. The number of amides is 2. The highest BCUT2D eigenvalue weighted by molar-refractivity contribution is 8.13. The van der Waals surface area contributed by atoms with Gasteiger partial charge in [-0.25, -0.2) is 9.80 Å². The standard InChI is InChI=1S/C16H24N2O5S/c1-10(19)24-9-7-11-13(20)17-8-5-6-12(18(17)14(11)21)15(22)23-16(2,3)4/h11-12H,5-9H2,1-4H3. The largest absolute Gasteiger partial charge is 0.458 e. The van der Waals surface area contributed by atoms with Gasteiger partial charge in [-0.2, -0.15) is 0 Å². The maximum absolute atomic E-state index is 12.7. The molecule has 0 aromatic heterocycles. The second kappa shape index (κ2) is 7.13. The van der Waals surface area contributed by atoms with Gasteiger partial charge in [0, 0.05) is 19.2 Å². The van der Waals surface area contributed by atoms with Crippen molar-refractivity contribution in [2.75, 3.05) is 12.3 Å². The number of thioether (sulfide) groups is 1. The van der Waals surface area contributed by atoms with Crippen LogP contribution in [0.5, 0.6) is 0 Å². The van der Waals surface area contributed by atoms with Gasteiger partial charge >= 0.3 is 5.97 Å². The van der Waals surface area contributed by atoms with Crippen molar-refractivity contribution in [3.8, 4) is 0 Å². The van der Waals surface area contributed by atoms with E-state index < -0.39 is 23.5 Å². The van der Waals surface area contributed by atoms with E-state index in [0.717, 1.165) is 11.8 Å². The maximum atomic E-state index is 12.7.